The second kappa shape index (κ2) is 2.09. The Morgan fingerprint density at radius 2 is 2.27 bits per heavy atom. The van der Waals surface area contributed by atoms with Gasteiger partial charge in [0.2, 0.25) is 0 Å². The van der Waals surface area contributed by atoms with Crippen molar-refractivity contribution in [3.63, 3.8) is 0 Å². The molecule has 0 saturated carbocycles. The minimum absolute atomic E-state index is 1.21. The van der Waals surface area contributed by atoms with Gasteiger partial charge in [0.15, 0.2) is 12.4 Å². The summed E-state index contributed by atoms with van der Waals surface area (Å²) in [5, 5.41) is 1.27. The summed E-state index contributed by atoms with van der Waals surface area (Å²) in [6.07, 6.45) is 4.15. The van der Waals surface area contributed by atoms with Crippen molar-refractivity contribution in [3.8, 4) is 0 Å². The van der Waals surface area contributed by atoms with Gasteiger partial charge >= 0.3 is 0 Å². The number of hydrogen-bond donors (Lipinski definition) is 1. The summed E-state index contributed by atoms with van der Waals surface area (Å²) in [4.78, 5) is 3.27. The monoisotopic (exact) mass is 147 g/mol. The van der Waals surface area contributed by atoms with E-state index in [4.69, 9.17) is 0 Å². The normalized spacial score (nSPS) is 10.7. The fourth-order valence-electron chi connectivity index (χ4n) is 1.33. The number of aromatic nitrogens is 2. The van der Waals surface area contributed by atoms with E-state index in [1.165, 1.54) is 16.6 Å². The molecule has 0 radical (unpaired) electrons. The summed E-state index contributed by atoms with van der Waals surface area (Å²) < 4.78 is 2.05. The van der Waals surface area contributed by atoms with E-state index in [0.717, 1.165) is 0 Å². The molecule has 0 amide bonds. The summed E-state index contributed by atoms with van der Waals surface area (Å²) in [7, 11) is 2.03. The van der Waals surface area contributed by atoms with Crippen molar-refractivity contribution >= 4 is 10.9 Å². The third-order valence-electron chi connectivity index (χ3n) is 1.83. The van der Waals surface area contributed by atoms with E-state index in [-0.39, 0.29) is 0 Å². The molecule has 2 nitrogen and oxygen atoms in total. The molecule has 0 atom stereocenters. The highest BCUT2D eigenvalue weighted by molar-refractivity contribution is 5.78. The highest BCUT2D eigenvalue weighted by Gasteiger charge is 1.99. The summed E-state index contributed by atoms with van der Waals surface area (Å²) >= 11 is 0. The number of aryl methyl sites for hydroxylation is 2. The molecule has 2 heteroatoms. The Morgan fingerprint density at radius 3 is 3.09 bits per heavy atom. The molecule has 0 aliphatic rings. The van der Waals surface area contributed by atoms with Crippen LogP contribution in [0.4, 0.5) is 0 Å². The second-order valence-corrected chi connectivity index (χ2v) is 2.93. The van der Waals surface area contributed by atoms with Crippen molar-refractivity contribution in [2.24, 2.45) is 7.05 Å². The Hall–Kier alpha value is -1.31. The van der Waals surface area contributed by atoms with Gasteiger partial charge in [0.05, 0.1) is 10.9 Å². The van der Waals surface area contributed by atoms with Crippen molar-refractivity contribution in [2.75, 3.05) is 0 Å². The lowest BCUT2D eigenvalue weighted by Crippen LogP contribution is -2.25. The predicted octanol–water partition coefficient (Wildman–Crippen LogP) is 1.30. The van der Waals surface area contributed by atoms with Gasteiger partial charge in [-0.1, -0.05) is 0 Å². The Labute approximate surface area is 65.5 Å². The van der Waals surface area contributed by atoms with Gasteiger partial charge in [0.1, 0.15) is 7.05 Å². The molecule has 2 aromatic rings. The van der Waals surface area contributed by atoms with Gasteiger partial charge in [-0.05, 0) is 13.0 Å². The average Bonchev–Trinajstić information content (AvgIpc) is 2.27. The van der Waals surface area contributed by atoms with Crippen LogP contribution >= 0.6 is 0 Å². The molecule has 0 fully saturated rings. The van der Waals surface area contributed by atoms with Crippen LogP contribution in [-0.4, -0.2) is 4.98 Å². The zero-order valence-electron chi connectivity index (χ0n) is 6.76. The third kappa shape index (κ3) is 1.00. The fourth-order valence-corrected chi connectivity index (χ4v) is 1.33. The summed E-state index contributed by atoms with van der Waals surface area (Å²) in [5.74, 6) is 0. The van der Waals surface area contributed by atoms with Gasteiger partial charge in [-0.15, -0.1) is 0 Å². The molecule has 0 unspecified atom stereocenters. The fraction of sp³-hybridized carbons (Fsp3) is 0.222. The lowest BCUT2D eigenvalue weighted by atomic mass is 10.3. The van der Waals surface area contributed by atoms with E-state index < -0.39 is 0 Å². The van der Waals surface area contributed by atoms with Gasteiger partial charge in [-0.3, -0.25) is 0 Å². The lowest BCUT2D eigenvalue weighted by Gasteiger charge is -1.85. The first-order valence-corrected chi connectivity index (χ1v) is 3.70. The molecule has 0 saturated heterocycles. The molecular formula is C9H11N2+. The third-order valence-corrected chi connectivity index (χ3v) is 1.83. The number of nitrogens with zero attached hydrogens (tertiary/aromatic N) is 1. The molecule has 11 heavy (non-hydrogen) atoms. The van der Waals surface area contributed by atoms with Crippen LogP contribution in [0.1, 0.15) is 5.69 Å². The van der Waals surface area contributed by atoms with Crippen molar-refractivity contribution in [1.82, 2.24) is 4.98 Å². The molecule has 2 aromatic heterocycles. The molecule has 1 N–H and O–H groups in total. The molecule has 0 spiro atoms. The number of pyridine rings is 1. The molecule has 0 aliphatic heterocycles. The molecule has 0 bridgehead atoms. The summed E-state index contributed by atoms with van der Waals surface area (Å²) in [6, 6.07) is 4.23. The smallest absolute Gasteiger partial charge is 0.177 e. The SMILES string of the molecule is Cc1cc2c[n+](C)ccc2[nH]1. The maximum atomic E-state index is 3.27. The van der Waals surface area contributed by atoms with Crippen LogP contribution in [0.25, 0.3) is 10.9 Å². The standard InChI is InChI=1S/C9H10N2/c1-7-5-8-6-11(2)4-3-9(8)10-7/h3-6H,1-2H3/p+1. The Morgan fingerprint density at radius 1 is 1.45 bits per heavy atom. The van der Waals surface area contributed by atoms with Crippen LogP contribution in [0.15, 0.2) is 24.5 Å². The van der Waals surface area contributed by atoms with Crippen molar-refractivity contribution < 1.29 is 4.57 Å². The Balaban J connectivity index is 2.82. The number of hydrogen-bond acceptors (Lipinski definition) is 0. The predicted molar refractivity (Wildman–Crippen MR) is 44.2 cm³/mol. The minimum atomic E-state index is 1.21. The topological polar surface area (TPSA) is 19.7 Å². The highest BCUT2D eigenvalue weighted by atomic mass is 14.9. The average molecular weight is 147 g/mol. The summed E-state index contributed by atoms with van der Waals surface area (Å²) in [6.45, 7) is 2.07. The first-order valence-electron chi connectivity index (χ1n) is 3.70. The Bertz CT molecular complexity index is 387. The molecule has 56 valence electrons. The maximum absolute atomic E-state index is 3.27. The van der Waals surface area contributed by atoms with E-state index in [2.05, 4.69) is 34.8 Å². The first-order chi connectivity index (χ1) is 5.25. The van der Waals surface area contributed by atoms with Crippen molar-refractivity contribution in [2.45, 2.75) is 6.92 Å². The largest absolute Gasteiger partial charge is 0.358 e. The van der Waals surface area contributed by atoms with E-state index in [0.29, 0.717) is 0 Å². The van der Waals surface area contributed by atoms with Gasteiger partial charge in [-0.25, -0.2) is 4.57 Å². The van der Waals surface area contributed by atoms with Gasteiger partial charge < -0.3 is 4.98 Å². The molecule has 0 aliphatic carbocycles. The van der Waals surface area contributed by atoms with Crippen LogP contribution in [0.2, 0.25) is 0 Å². The number of aromatic amines is 1. The molecular weight excluding hydrogens is 136 g/mol. The molecule has 2 rings (SSSR count). The van der Waals surface area contributed by atoms with Crippen LogP contribution < -0.4 is 4.57 Å². The minimum Gasteiger partial charge on any atom is -0.358 e. The van der Waals surface area contributed by atoms with E-state index in [1.807, 2.05) is 13.2 Å². The first kappa shape index (κ1) is 6.40. The van der Waals surface area contributed by atoms with Crippen molar-refractivity contribution in [1.29, 1.82) is 0 Å². The number of nitrogens with one attached hydrogen (secondary N) is 1. The zero-order chi connectivity index (χ0) is 7.84. The number of H-pyrrole nitrogens is 1. The van der Waals surface area contributed by atoms with E-state index in [9.17, 15) is 0 Å². The van der Waals surface area contributed by atoms with Gasteiger partial charge in [-0.2, -0.15) is 0 Å². The van der Waals surface area contributed by atoms with Crippen LogP contribution in [0, 0.1) is 6.92 Å². The molecule has 0 aromatic carbocycles. The Kier molecular flexibility index (Phi) is 1.22. The van der Waals surface area contributed by atoms with Crippen LogP contribution in [-0.2, 0) is 7.05 Å². The molecule has 2 heterocycles. The summed E-state index contributed by atoms with van der Waals surface area (Å²) in [5.41, 5.74) is 2.42. The van der Waals surface area contributed by atoms with Gasteiger partial charge in [0, 0.05) is 11.8 Å². The lowest BCUT2D eigenvalue weighted by molar-refractivity contribution is -0.670. The van der Waals surface area contributed by atoms with E-state index in [1.54, 1.807) is 0 Å². The highest BCUT2D eigenvalue weighted by Crippen LogP contribution is 2.10. The maximum Gasteiger partial charge on any atom is 0.177 e. The second-order valence-electron chi connectivity index (χ2n) is 2.93. The van der Waals surface area contributed by atoms with Crippen molar-refractivity contribution in [3.05, 3.63) is 30.2 Å². The van der Waals surface area contributed by atoms with Crippen LogP contribution in [0.3, 0.4) is 0 Å². The van der Waals surface area contributed by atoms with Gasteiger partial charge in [0.25, 0.3) is 0 Å². The number of rotatable bonds is 0. The quantitative estimate of drug-likeness (QED) is 0.542. The van der Waals surface area contributed by atoms with Crippen LogP contribution in [0.5, 0.6) is 0 Å². The zero-order valence-corrected chi connectivity index (χ0v) is 6.76. The van der Waals surface area contributed by atoms with E-state index >= 15 is 0 Å². The number of fused-ring (bicyclic) bond motifs is 1.